The molecule has 0 aliphatic heterocycles. The molecule has 0 bridgehead atoms. The van der Waals surface area contributed by atoms with Gasteiger partial charge in [-0.2, -0.15) is 5.26 Å². The molecule has 4 heteroatoms. The maximum Gasteiger partial charge on any atom is 0.342 e. The quantitative estimate of drug-likeness (QED) is 0.193. The van der Waals surface area contributed by atoms with E-state index < -0.39 is 5.97 Å². The molecule has 2 N–H and O–H groups in total. The van der Waals surface area contributed by atoms with Crippen molar-refractivity contribution in [3.8, 4) is 0 Å². The summed E-state index contributed by atoms with van der Waals surface area (Å²) in [7, 11) is 0. The lowest BCUT2D eigenvalue weighted by atomic mass is 10.1. The van der Waals surface area contributed by atoms with Crippen molar-refractivity contribution in [2.24, 2.45) is 0 Å². The molecule has 0 aliphatic carbocycles. The van der Waals surface area contributed by atoms with Gasteiger partial charge >= 0.3 is 5.97 Å². The molecule has 0 saturated carbocycles. The Hall–Kier alpha value is -0.870. The average Bonchev–Trinajstić information content (AvgIpc) is 2.52. The van der Waals surface area contributed by atoms with Crippen LogP contribution in [0.25, 0.3) is 0 Å². The Balaban J connectivity index is 3.32. The molecule has 0 heterocycles. The van der Waals surface area contributed by atoms with Crippen LogP contribution in [0.3, 0.4) is 0 Å². The van der Waals surface area contributed by atoms with Crippen molar-refractivity contribution < 1.29 is 20.0 Å². The van der Waals surface area contributed by atoms with Crippen LogP contribution >= 0.6 is 0 Å². The van der Waals surface area contributed by atoms with Crippen LogP contribution in [0.4, 0.5) is 0 Å². The molecule has 1 unspecified atom stereocenters. The van der Waals surface area contributed by atoms with E-state index in [-0.39, 0.29) is 12.5 Å². The lowest BCUT2D eigenvalue weighted by molar-refractivity contribution is -0.234. The number of unbranched alkanes of at least 4 members (excludes halogenated alkanes) is 9. The molecule has 0 spiro atoms. The van der Waals surface area contributed by atoms with Crippen LogP contribution < -0.4 is 0 Å². The first kappa shape index (κ1) is 21.1. The van der Waals surface area contributed by atoms with Crippen molar-refractivity contribution in [2.75, 3.05) is 0 Å². The van der Waals surface area contributed by atoms with Gasteiger partial charge in [-0.25, -0.2) is 4.79 Å². The van der Waals surface area contributed by atoms with Crippen molar-refractivity contribution in [1.82, 2.24) is 0 Å². The highest BCUT2D eigenvalue weighted by molar-refractivity contribution is 5.68. The number of carbonyl (C=O) groups is 1. The third-order valence-electron chi connectivity index (χ3n) is 3.82. The van der Waals surface area contributed by atoms with E-state index in [4.69, 9.17) is 5.26 Å². The van der Waals surface area contributed by atoms with E-state index in [1.54, 1.807) is 0 Å². The number of hydrogen-bond acceptors (Lipinski definition) is 4. The van der Waals surface area contributed by atoms with Gasteiger partial charge in [-0.1, -0.05) is 70.4 Å². The molecule has 1 atom stereocenters. The smallest absolute Gasteiger partial charge is 0.342 e. The fourth-order valence-electron chi connectivity index (χ4n) is 2.41. The highest BCUT2D eigenvalue weighted by Gasteiger charge is 2.02. The summed E-state index contributed by atoms with van der Waals surface area (Å²) in [5.74, 6) is -0.588. The third kappa shape index (κ3) is 15.5. The van der Waals surface area contributed by atoms with Crippen molar-refractivity contribution in [3.63, 3.8) is 0 Å². The SMILES string of the molecule is CCCCCCCCCC=CC(O)CCCCCC(=O)OO. The summed E-state index contributed by atoms with van der Waals surface area (Å²) >= 11 is 0. The second-order valence-corrected chi connectivity index (χ2v) is 5.97. The van der Waals surface area contributed by atoms with Gasteiger partial charge in [0.15, 0.2) is 0 Å². The number of aliphatic hydroxyl groups is 1. The topological polar surface area (TPSA) is 66.8 Å². The molecule has 0 rings (SSSR count). The molecule has 130 valence electrons. The molecular weight excluding hydrogens is 280 g/mol. The van der Waals surface area contributed by atoms with Crippen molar-refractivity contribution in [2.45, 2.75) is 96.5 Å². The van der Waals surface area contributed by atoms with Gasteiger partial charge in [-0.05, 0) is 25.7 Å². The van der Waals surface area contributed by atoms with Crippen LogP contribution in [0.5, 0.6) is 0 Å². The van der Waals surface area contributed by atoms with Crippen molar-refractivity contribution in [1.29, 1.82) is 0 Å². The minimum absolute atomic E-state index is 0.237. The second kappa shape index (κ2) is 16.5. The molecule has 22 heavy (non-hydrogen) atoms. The monoisotopic (exact) mass is 314 g/mol. The number of rotatable bonds is 15. The summed E-state index contributed by atoms with van der Waals surface area (Å²) < 4.78 is 0. The van der Waals surface area contributed by atoms with Gasteiger partial charge in [0.05, 0.1) is 6.10 Å². The standard InChI is InChI=1S/C18H34O4/c1-2-3-4-5-6-7-8-9-11-14-17(19)15-12-10-13-16-18(20)22-21/h11,14,17,19,21H,2-10,12-13,15-16H2,1H3. The molecular formula is C18H34O4. The summed E-state index contributed by atoms with van der Waals surface area (Å²) in [6.07, 6.45) is 17.2. The zero-order chi connectivity index (χ0) is 16.5. The lowest BCUT2D eigenvalue weighted by Crippen LogP contribution is -2.03. The summed E-state index contributed by atoms with van der Waals surface area (Å²) in [5, 5.41) is 17.9. The molecule has 4 nitrogen and oxygen atoms in total. The van der Waals surface area contributed by atoms with Gasteiger partial charge in [0.2, 0.25) is 0 Å². The van der Waals surface area contributed by atoms with Crippen molar-refractivity contribution >= 4 is 5.97 Å². The van der Waals surface area contributed by atoms with Gasteiger partial charge in [0.25, 0.3) is 0 Å². The van der Waals surface area contributed by atoms with E-state index >= 15 is 0 Å². The zero-order valence-corrected chi connectivity index (χ0v) is 14.1. The predicted octanol–water partition coefficient (Wildman–Crippen LogP) is 5.01. The van der Waals surface area contributed by atoms with E-state index in [2.05, 4.69) is 17.9 Å². The van der Waals surface area contributed by atoms with Crippen LogP contribution in [0.2, 0.25) is 0 Å². The highest BCUT2D eigenvalue weighted by Crippen LogP contribution is 2.10. The Morgan fingerprint density at radius 2 is 1.64 bits per heavy atom. The maximum atomic E-state index is 10.7. The van der Waals surface area contributed by atoms with Crippen LogP contribution in [0.1, 0.15) is 90.4 Å². The minimum Gasteiger partial charge on any atom is -0.389 e. The predicted molar refractivity (Wildman–Crippen MR) is 89.6 cm³/mol. The number of allylic oxidation sites excluding steroid dienone is 1. The number of hydrogen-bond donors (Lipinski definition) is 2. The van der Waals surface area contributed by atoms with Crippen LogP contribution in [-0.2, 0) is 9.68 Å². The van der Waals surface area contributed by atoms with Crippen LogP contribution in [0, 0.1) is 0 Å². The molecule has 0 radical (unpaired) electrons. The minimum atomic E-state index is -0.588. The molecule has 0 aliphatic rings. The van der Waals surface area contributed by atoms with E-state index in [1.807, 2.05) is 6.08 Å². The fraction of sp³-hybridized carbons (Fsp3) is 0.833. The van der Waals surface area contributed by atoms with Gasteiger partial charge < -0.3 is 9.99 Å². The van der Waals surface area contributed by atoms with Crippen LogP contribution in [0.15, 0.2) is 12.2 Å². The summed E-state index contributed by atoms with van der Waals surface area (Å²) in [6.45, 7) is 2.24. The number of carbonyl (C=O) groups excluding carboxylic acids is 1. The summed E-state index contributed by atoms with van der Waals surface area (Å²) in [4.78, 5) is 14.3. The molecule has 0 aromatic heterocycles. The zero-order valence-electron chi connectivity index (χ0n) is 14.1. The first-order valence-electron chi connectivity index (χ1n) is 8.89. The Morgan fingerprint density at radius 1 is 1.00 bits per heavy atom. The molecule has 0 saturated heterocycles. The Morgan fingerprint density at radius 3 is 2.32 bits per heavy atom. The number of aliphatic hydroxyl groups excluding tert-OH is 1. The summed E-state index contributed by atoms with van der Waals surface area (Å²) in [6, 6.07) is 0. The van der Waals surface area contributed by atoms with Gasteiger partial charge in [0, 0.05) is 6.42 Å². The molecule has 0 aromatic carbocycles. The van der Waals surface area contributed by atoms with E-state index in [0.29, 0.717) is 6.42 Å². The third-order valence-corrected chi connectivity index (χ3v) is 3.82. The average molecular weight is 314 g/mol. The molecule has 0 fully saturated rings. The Labute approximate surface area is 135 Å². The molecule has 0 aromatic rings. The maximum absolute atomic E-state index is 10.7. The first-order valence-corrected chi connectivity index (χ1v) is 8.89. The molecule has 0 amide bonds. The normalized spacial score (nSPS) is 12.7. The van der Waals surface area contributed by atoms with Crippen LogP contribution in [-0.4, -0.2) is 22.4 Å². The lowest BCUT2D eigenvalue weighted by Gasteiger charge is -2.05. The van der Waals surface area contributed by atoms with E-state index in [0.717, 1.165) is 25.7 Å². The summed E-state index contributed by atoms with van der Waals surface area (Å²) in [5.41, 5.74) is 0. The Bertz CT molecular complexity index is 276. The second-order valence-electron chi connectivity index (χ2n) is 5.97. The van der Waals surface area contributed by atoms with Gasteiger partial charge in [-0.15, -0.1) is 0 Å². The largest absolute Gasteiger partial charge is 0.389 e. The van der Waals surface area contributed by atoms with E-state index in [1.165, 1.54) is 44.9 Å². The Kier molecular flexibility index (Phi) is 15.8. The van der Waals surface area contributed by atoms with E-state index in [9.17, 15) is 9.90 Å². The van der Waals surface area contributed by atoms with Gasteiger partial charge in [-0.3, -0.25) is 0 Å². The van der Waals surface area contributed by atoms with Gasteiger partial charge in [0.1, 0.15) is 0 Å². The van der Waals surface area contributed by atoms with Crippen molar-refractivity contribution in [3.05, 3.63) is 12.2 Å². The highest BCUT2D eigenvalue weighted by atomic mass is 17.1. The first-order chi connectivity index (χ1) is 10.7. The fourth-order valence-corrected chi connectivity index (χ4v) is 2.41.